The summed E-state index contributed by atoms with van der Waals surface area (Å²) in [7, 11) is 0. The van der Waals surface area contributed by atoms with Crippen molar-refractivity contribution in [2.45, 2.75) is 32.6 Å². The van der Waals surface area contributed by atoms with Crippen molar-refractivity contribution >= 4 is 46.4 Å². The van der Waals surface area contributed by atoms with E-state index in [0.717, 1.165) is 31.2 Å². The first kappa shape index (κ1) is 23.7. The molecule has 2 aliphatic rings. The van der Waals surface area contributed by atoms with E-state index in [1.165, 1.54) is 23.1 Å². The second-order valence-electron chi connectivity index (χ2n) is 8.66. The van der Waals surface area contributed by atoms with Crippen LogP contribution in [0.3, 0.4) is 0 Å². The van der Waals surface area contributed by atoms with Crippen molar-refractivity contribution in [2.75, 3.05) is 23.7 Å². The second kappa shape index (κ2) is 9.80. The molecule has 1 heterocycles. The molecule has 178 valence electrons. The number of hydrogen-bond donors (Lipinski definition) is 2. The molecule has 2 aromatic carbocycles. The van der Waals surface area contributed by atoms with E-state index in [-0.39, 0.29) is 48.0 Å². The van der Waals surface area contributed by atoms with E-state index in [9.17, 15) is 24.5 Å². The normalized spacial score (nSPS) is 19.6. The Morgan fingerprint density at radius 3 is 2.41 bits per heavy atom. The highest BCUT2D eigenvalue weighted by molar-refractivity contribution is 6.31. The van der Waals surface area contributed by atoms with Gasteiger partial charge < -0.3 is 10.6 Å². The van der Waals surface area contributed by atoms with Crippen LogP contribution < -0.4 is 10.6 Å². The number of carbonyl (C=O) groups excluding carboxylic acids is 3. The molecule has 0 bridgehead atoms. The van der Waals surface area contributed by atoms with Crippen LogP contribution >= 0.6 is 11.6 Å². The maximum atomic E-state index is 13.0. The van der Waals surface area contributed by atoms with Gasteiger partial charge in [-0.15, -0.1) is 0 Å². The van der Waals surface area contributed by atoms with Crippen LogP contribution in [-0.4, -0.2) is 40.6 Å². The van der Waals surface area contributed by atoms with Crippen LogP contribution in [0, 0.1) is 28.9 Å². The molecule has 2 N–H and O–H groups in total. The summed E-state index contributed by atoms with van der Waals surface area (Å²) in [6, 6.07) is 8.97. The van der Waals surface area contributed by atoms with Gasteiger partial charge in [-0.3, -0.25) is 29.4 Å². The number of nitro benzene ring substituents is 1. The van der Waals surface area contributed by atoms with E-state index < -0.39 is 10.8 Å². The van der Waals surface area contributed by atoms with Gasteiger partial charge in [0, 0.05) is 41.6 Å². The van der Waals surface area contributed by atoms with Crippen molar-refractivity contribution in [3.63, 3.8) is 0 Å². The van der Waals surface area contributed by atoms with Crippen molar-refractivity contribution in [1.82, 2.24) is 4.90 Å². The third-order valence-electron chi connectivity index (χ3n) is 6.47. The minimum atomic E-state index is -0.577. The number of halogens is 1. The summed E-state index contributed by atoms with van der Waals surface area (Å²) >= 11 is 6.13. The molecule has 0 radical (unpaired) electrons. The molecule has 34 heavy (non-hydrogen) atoms. The first-order valence-electron chi connectivity index (χ1n) is 11.2. The fourth-order valence-corrected chi connectivity index (χ4v) is 4.79. The van der Waals surface area contributed by atoms with Crippen molar-refractivity contribution in [3.8, 4) is 0 Å². The zero-order valence-corrected chi connectivity index (χ0v) is 19.4. The van der Waals surface area contributed by atoms with Gasteiger partial charge in [-0.05, 0) is 43.5 Å². The molecule has 1 aliphatic carbocycles. The number of nitrogens with zero attached hydrogens (tertiary/aromatic N) is 2. The smallest absolute Gasteiger partial charge is 0.270 e. The summed E-state index contributed by atoms with van der Waals surface area (Å²) in [4.78, 5) is 50.3. The zero-order chi connectivity index (χ0) is 24.4. The van der Waals surface area contributed by atoms with Gasteiger partial charge in [-0.1, -0.05) is 30.5 Å². The fourth-order valence-electron chi connectivity index (χ4n) is 4.61. The Labute approximate surface area is 201 Å². The first-order chi connectivity index (χ1) is 16.3. The van der Waals surface area contributed by atoms with Crippen molar-refractivity contribution in [3.05, 3.63) is 62.7 Å². The topological polar surface area (TPSA) is 122 Å². The molecule has 2 fully saturated rings. The highest BCUT2D eigenvalue weighted by Crippen LogP contribution is 2.37. The Kier molecular flexibility index (Phi) is 6.83. The van der Waals surface area contributed by atoms with Crippen LogP contribution in [0.15, 0.2) is 36.4 Å². The number of anilines is 2. The number of aryl methyl sites for hydroxylation is 1. The average molecular weight is 485 g/mol. The van der Waals surface area contributed by atoms with Crippen LogP contribution in [0.4, 0.5) is 17.1 Å². The largest absolute Gasteiger partial charge is 0.383 e. The summed E-state index contributed by atoms with van der Waals surface area (Å²) in [6.45, 7) is 2.21. The van der Waals surface area contributed by atoms with Crippen LogP contribution in [-0.2, 0) is 9.59 Å². The predicted molar refractivity (Wildman–Crippen MR) is 128 cm³/mol. The minimum absolute atomic E-state index is 0.0682. The number of nitro groups is 1. The molecule has 1 aliphatic heterocycles. The highest BCUT2D eigenvalue weighted by Gasteiger charge is 2.47. The number of fused-ring (bicyclic) bond motifs is 1. The number of likely N-dealkylation sites (tertiary alicyclic amines) is 1. The predicted octanol–water partition coefficient (Wildman–Crippen LogP) is 4.40. The van der Waals surface area contributed by atoms with Gasteiger partial charge in [0.15, 0.2) is 0 Å². The zero-order valence-electron chi connectivity index (χ0n) is 18.7. The molecular weight excluding hydrogens is 460 g/mol. The monoisotopic (exact) mass is 484 g/mol. The number of rotatable bonds is 7. The maximum absolute atomic E-state index is 13.0. The third kappa shape index (κ3) is 4.75. The van der Waals surface area contributed by atoms with E-state index in [4.69, 9.17) is 11.6 Å². The summed E-state index contributed by atoms with van der Waals surface area (Å²) < 4.78 is 0. The Morgan fingerprint density at radius 2 is 1.79 bits per heavy atom. The third-order valence-corrected chi connectivity index (χ3v) is 6.88. The molecule has 0 unspecified atom stereocenters. The lowest BCUT2D eigenvalue weighted by atomic mass is 9.81. The standard InChI is InChI=1S/C24H25ClN4O5/c1-14-6-7-15(12-20(14)25)27-22(30)19-13-16(29(33)34)8-9-21(19)26-10-11-28-23(31)17-4-2-3-5-18(17)24(28)32/h6-9,12-13,17-18,26H,2-5,10-11H2,1H3,(H,27,30)/t17-,18-/m0/s1. The van der Waals surface area contributed by atoms with Crippen LogP contribution in [0.5, 0.6) is 0 Å². The number of carbonyl (C=O) groups is 3. The van der Waals surface area contributed by atoms with Gasteiger partial charge in [0.1, 0.15) is 0 Å². The van der Waals surface area contributed by atoms with Gasteiger partial charge in [0.25, 0.3) is 11.6 Å². The van der Waals surface area contributed by atoms with Gasteiger partial charge in [-0.2, -0.15) is 0 Å². The van der Waals surface area contributed by atoms with Gasteiger partial charge in [0.05, 0.1) is 22.3 Å². The summed E-state index contributed by atoms with van der Waals surface area (Å²) in [5.41, 5.74) is 1.50. The quantitative estimate of drug-likeness (QED) is 0.341. The molecule has 2 atom stereocenters. The minimum Gasteiger partial charge on any atom is -0.383 e. The Hall–Kier alpha value is -3.46. The number of benzene rings is 2. The summed E-state index contributed by atoms with van der Waals surface area (Å²) in [6.07, 6.45) is 3.41. The van der Waals surface area contributed by atoms with Crippen molar-refractivity contribution in [2.24, 2.45) is 11.8 Å². The molecule has 1 saturated heterocycles. The Bertz CT molecular complexity index is 1140. The van der Waals surface area contributed by atoms with E-state index in [1.54, 1.807) is 18.2 Å². The lowest BCUT2D eigenvalue weighted by Gasteiger charge is -2.19. The summed E-state index contributed by atoms with van der Waals surface area (Å²) in [5.74, 6) is -1.25. The van der Waals surface area contributed by atoms with Crippen molar-refractivity contribution in [1.29, 1.82) is 0 Å². The van der Waals surface area contributed by atoms with Gasteiger partial charge in [-0.25, -0.2) is 0 Å². The molecule has 0 spiro atoms. The molecular formula is C24H25ClN4O5. The SMILES string of the molecule is Cc1ccc(NC(=O)c2cc([N+](=O)[O-])ccc2NCCN2C(=O)[C@H]3CCCC[C@@H]3C2=O)cc1Cl. The maximum Gasteiger partial charge on any atom is 0.270 e. The lowest BCUT2D eigenvalue weighted by Crippen LogP contribution is -2.35. The summed E-state index contributed by atoms with van der Waals surface area (Å²) in [5, 5.41) is 17.5. The second-order valence-corrected chi connectivity index (χ2v) is 9.06. The van der Waals surface area contributed by atoms with Crippen LogP contribution in [0.2, 0.25) is 5.02 Å². The van der Waals surface area contributed by atoms with E-state index in [0.29, 0.717) is 16.4 Å². The number of imide groups is 1. The molecule has 0 aromatic heterocycles. The Morgan fingerprint density at radius 1 is 1.12 bits per heavy atom. The van der Waals surface area contributed by atoms with Crippen LogP contribution in [0.25, 0.3) is 0 Å². The van der Waals surface area contributed by atoms with E-state index in [1.807, 2.05) is 6.92 Å². The molecule has 4 rings (SSSR count). The van der Waals surface area contributed by atoms with Gasteiger partial charge in [0.2, 0.25) is 11.8 Å². The molecule has 10 heteroatoms. The number of nitrogens with one attached hydrogen (secondary N) is 2. The van der Waals surface area contributed by atoms with Crippen molar-refractivity contribution < 1.29 is 19.3 Å². The Balaban J connectivity index is 1.48. The highest BCUT2D eigenvalue weighted by atomic mass is 35.5. The van der Waals surface area contributed by atoms with E-state index >= 15 is 0 Å². The lowest BCUT2D eigenvalue weighted by molar-refractivity contribution is -0.384. The van der Waals surface area contributed by atoms with Crippen LogP contribution in [0.1, 0.15) is 41.6 Å². The van der Waals surface area contributed by atoms with E-state index in [2.05, 4.69) is 10.6 Å². The first-order valence-corrected chi connectivity index (χ1v) is 11.6. The number of non-ortho nitro benzene ring substituents is 1. The molecule has 2 aromatic rings. The van der Waals surface area contributed by atoms with Gasteiger partial charge >= 0.3 is 0 Å². The average Bonchev–Trinajstić information content (AvgIpc) is 3.06. The molecule has 3 amide bonds. The fraction of sp³-hybridized carbons (Fsp3) is 0.375. The number of amides is 3. The molecule has 9 nitrogen and oxygen atoms in total. The number of hydrogen-bond acceptors (Lipinski definition) is 6. The molecule has 1 saturated carbocycles.